The third-order valence-electron chi connectivity index (χ3n) is 6.65. The maximum absolute atomic E-state index is 15.6. The van der Waals surface area contributed by atoms with E-state index in [-0.39, 0.29) is 35.1 Å². The number of carbonyl (C=O) groups is 1. The Kier molecular flexibility index (Phi) is 8.68. The minimum absolute atomic E-state index is 0.0439. The Morgan fingerprint density at radius 3 is 2.59 bits per heavy atom. The van der Waals surface area contributed by atoms with Crippen LogP contribution in [0.4, 0.5) is 4.39 Å². The van der Waals surface area contributed by atoms with E-state index < -0.39 is 11.4 Å². The molecule has 4 aromatic rings. The smallest absolute Gasteiger partial charge is 0.266 e. The SMILES string of the molecule is CCOc1cccc(F)c1-n1c(C=C(C)C)c(C(=O)N2CCNCC2)cc(-c2nc(-c3ccc(Cl)cc3)cs2)c1=O. The monoisotopic (exact) mass is 592 g/mol. The number of amides is 1. The van der Waals surface area contributed by atoms with Crippen LogP contribution in [0, 0.1) is 5.82 Å². The van der Waals surface area contributed by atoms with Crippen molar-refractivity contribution in [2.24, 2.45) is 0 Å². The van der Waals surface area contributed by atoms with Crippen molar-refractivity contribution in [2.75, 3.05) is 32.8 Å². The first kappa shape index (κ1) is 28.7. The number of hydrogen-bond acceptors (Lipinski definition) is 6. The maximum Gasteiger partial charge on any atom is 0.266 e. The summed E-state index contributed by atoms with van der Waals surface area (Å²) in [5, 5.41) is 6.13. The number of ether oxygens (including phenoxy) is 1. The van der Waals surface area contributed by atoms with Crippen LogP contribution in [0.5, 0.6) is 5.75 Å². The van der Waals surface area contributed by atoms with E-state index in [1.165, 1.54) is 28.0 Å². The number of benzene rings is 2. The van der Waals surface area contributed by atoms with Crippen molar-refractivity contribution in [1.82, 2.24) is 19.8 Å². The molecule has 41 heavy (non-hydrogen) atoms. The summed E-state index contributed by atoms with van der Waals surface area (Å²) >= 11 is 7.34. The maximum atomic E-state index is 15.6. The van der Waals surface area contributed by atoms with E-state index >= 15 is 4.39 Å². The molecule has 1 N–H and O–H groups in total. The third kappa shape index (κ3) is 5.98. The summed E-state index contributed by atoms with van der Waals surface area (Å²) in [5.41, 5.74) is 2.58. The molecule has 0 radical (unpaired) electrons. The van der Waals surface area contributed by atoms with E-state index in [1.54, 1.807) is 42.2 Å². The van der Waals surface area contributed by atoms with Crippen LogP contribution in [0.2, 0.25) is 5.02 Å². The number of hydrogen-bond donors (Lipinski definition) is 1. The predicted octanol–water partition coefficient (Wildman–Crippen LogP) is 6.29. The molecule has 1 aliphatic heterocycles. The molecular weight excluding hydrogens is 563 g/mol. The molecular formula is C31H30ClFN4O3S. The van der Waals surface area contributed by atoms with Crippen molar-refractivity contribution in [3.63, 3.8) is 0 Å². The number of nitrogens with zero attached hydrogens (tertiary/aromatic N) is 3. The molecule has 2 aromatic carbocycles. The Labute approximate surface area is 246 Å². The van der Waals surface area contributed by atoms with E-state index in [4.69, 9.17) is 21.3 Å². The molecule has 0 unspecified atom stereocenters. The second kappa shape index (κ2) is 12.4. The second-order valence-electron chi connectivity index (χ2n) is 9.83. The molecule has 0 aliphatic carbocycles. The Bertz CT molecular complexity index is 1670. The Hall–Kier alpha value is -3.79. The van der Waals surface area contributed by atoms with Crippen LogP contribution in [0.1, 0.15) is 36.8 Å². The van der Waals surface area contributed by atoms with Gasteiger partial charge in [-0.25, -0.2) is 9.37 Å². The van der Waals surface area contributed by atoms with Gasteiger partial charge in [0.15, 0.2) is 5.82 Å². The van der Waals surface area contributed by atoms with Gasteiger partial charge in [0.05, 0.1) is 29.1 Å². The van der Waals surface area contributed by atoms with Gasteiger partial charge < -0.3 is 15.0 Å². The summed E-state index contributed by atoms with van der Waals surface area (Å²) in [6.45, 7) is 8.15. The first-order chi connectivity index (χ1) is 19.8. The molecule has 0 spiro atoms. The highest BCUT2D eigenvalue weighted by Crippen LogP contribution is 2.33. The van der Waals surface area contributed by atoms with Crippen LogP contribution in [0.25, 0.3) is 33.6 Å². The largest absolute Gasteiger partial charge is 0.492 e. The molecule has 3 heterocycles. The van der Waals surface area contributed by atoms with Gasteiger partial charge in [-0.15, -0.1) is 11.3 Å². The molecule has 2 aromatic heterocycles. The lowest BCUT2D eigenvalue weighted by atomic mass is 10.0. The third-order valence-corrected chi connectivity index (χ3v) is 7.77. The number of allylic oxidation sites excluding steroid dienone is 1. The van der Waals surface area contributed by atoms with Crippen molar-refractivity contribution in [3.8, 4) is 33.3 Å². The van der Waals surface area contributed by atoms with E-state index in [0.29, 0.717) is 47.6 Å². The quantitative estimate of drug-likeness (QED) is 0.273. The van der Waals surface area contributed by atoms with Gasteiger partial charge in [0.2, 0.25) is 0 Å². The summed E-state index contributed by atoms with van der Waals surface area (Å²) in [7, 11) is 0. The van der Waals surface area contributed by atoms with Gasteiger partial charge in [-0.05, 0) is 57.2 Å². The van der Waals surface area contributed by atoms with Crippen molar-refractivity contribution in [1.29, 1.82) is 0 Å². The fraction of sp³-hybridized carbons (Fsp3) is 0.258. The van der Waals surface area contributed by atoms with Crippen molar-refractivity contribution in [3.05, 3.63) is 91.9 Å². The van der Waals surface area contributed by atoms with Gasteiger partial charge in [-0.1, -0.05) is 35.4 Å². The highest BCUT2D eigenvalue weighted by molar-refractivity contribution is 7.13. The van der Waals surface area contributed by atoms with E-state index in [2.05, 4.69) is 5.32 Å². The normalized spacial score (nSPS) is 13.2. The minimum atomic E-state index is -0.639. The van der Waals surface area contributed by atoms with Gasteiger partial charge in [-0.2, -0.15) is 0 Å². The van der Waals surface area contributed by atoms with Crippen LogP contribution in [0.15, 0.2) is 64.3 Å². The average Bonchev–Trinajstić information content (AvgIpc) is 3.45. The molecule has 7 nitrogen and oxygen atoms in total. The van der Waals surface area contributed by atoms with Crippen molar-refractivity contribution >= 4 is 34.9 Å². The van der Waals surface area contributed by atoms with Crippen LogP contribution in [-0.2, 0) is 0 Å². The number of thiazole rings is 1. The van der Waals surface area contributed by atoms with Gasteiger partial charge in [0.1, 0.15) is 16.4 Å². The number of para-hydroxylation sites is 1. The van der Waals surface area contributed by atoms with Crippen LogP contribution >= 0.6 is 22.9 Å². The Balaban J connectivity index is 1.81. The predicted molar refractivity (Wildman–Crippen MR) is 163 cm³/mol. The average molecular weight is 593 g/mol. The summed E-state index contributed by atoms with van der Waals surface area (Å²) in [5.74, 6) is -0.672. The van der Waals surface area contributed by atoms with Gasteiger partial charge in [0, 0.05) is 42.1 Å². The second-order valence-corrected chi connectivity index (χ2v) is 11.1. The zero-order chi connectivity index (χ0) is 29.1. The molecule has 212 valence electrons. The lowest BCUT2D eigenvalue weighted by molar-refractivity contribution is 0.0735. The molecule has 1 amide bonds. The topological polar surface area (TPSA) is 76.5 Å². The number of nitrogens with one attached hydrogen (secondary N) is 1. The standard InChI is InChI=1S/C31H30ClFN4O3S/c1-4-40-27-7-5-6-24(33)28(27)37-26(16-19(2)3)22(30(38)36-14-12-34-13-15-36)17-23(31(37)39)29-35-25(18-41-29)20-8-10-21(32)11-9-20/h5-11,16-18,34H,4,12-15H2,1-3H3. The van der Waals surface area contributed by atoms with Crippen LogP contribution < -0.4 is 15.6 Å². The molecule has 10 heteroatoms. The first-order valence-corrected chi connectivity index (χ1v) is 14.6. The van der Waals surface area contributed by atoms with E-state index in [9.17, 15) is 9.59 Å². The van der Waals surface area contributed by atoms with Crippen molar-refractivity contribution < 1.29 is 13.9 Å². The first-order valence-electron chi connectivity index (χ1n) is 13.4. The molecule has 0 saturated carbocycles. The number of halogens is 2. The van der Waals surface area contributed by atoms with Crippen LogP contribution in [0.3, 0.4) is 0 Å². The highest BCUT2D eigenvalue weighted by Gasteiger charge is 2.28. The molecule has 0 bridgehead atoms. The lowest BCUT2D eigenvalue weighted by Crippen LogP contribution is -2.47. The zero-order valence-electron chi connectivity index (χ0n) is 23.0. The fourth-order valence-corrected chi connectivity index (χ4v) is 5.73. The number of rotatable bonds is 7. The summed E-state index contributed by atoms with van der Waals surface area (Å²) < 4.78 is 22.7. The zero-order valence-corrected chi connectivity index (χ0v) is 24.6. The minimum Gasteiger partial charge on any atom is -0.492 e. The highest BCUT2D eigenvalue weighted by atomic mass is 35.5. The van der Waals surface area contributed by atoms with Gasteiger partial charge >= 0.3 is 0 Å². The van der Waals surface area contributed by atoms with Crippen molar-refractivity contribution in [2.45, 2.75) is 20.8 Å². The summed E-state index contributed by atoms with van der Waals surface area (Å²) in [6.07, 6.45) is 1.74. The van der Waals surface area contributed by atoms with Gasteiger partial charge in [-0.3, -0.25) is 14.2 Å². The lowest BCUT2D eigenvalue weighted by Gasteiger charge is -2.29. The van der Waals surface area contributed by atoms with E-state index in [1.807, 2.05) is 31.4 Å². The number of carbonyl (C=O) groups excluding carboxylic acids is 1. The van der Waals surface area contributed by atoms with E-state index in [0.717, 1.165) is 11.1 Å². The number of piperazine rings is 1. The fourth-order valence-electron chi connectivity index (χ4n) is 4.77. The Morgan fingerprint density at radius 1 is 1.17 bits per heavy atom. The molecule has 0 atom stereocenters. The van der Waals surface area contributed by atoms with Crippen LogP contribution in [-0.4, -0.2) is 53.1 Å². The summed E-state index contributed by atoms with van der Waals surface area (Å²) in [4.78, 5) is 34.9. The number of pyridine rings is 1. The molecule has 1 saturated heterocycles. The van der Waals surface area contributed by atoms with Gasteiger partial charge in [0.25, 0.3) is 11.5 Å². The molecule has 1 aliphatic rings. The number of aromatic nitrogens is 2. The molecule has 1 fully saturated rings. The summed E-state index contributed by atoms with van der Waals surface area (Å²) in [6, 6.07) is 13.3. The Morgan fingerprint density at radius 2 is 1.90 bits per heavy atom. The molecule has 5 rings (SSSR count).